The van der Waals surface area contributed by atoms with E-state index in [1.54, 1.807) is 10.9 Å². The Hall–Kier alpha value is -2.67. The lowest BCUT2D eigenvalue weighted by atomic mass is 10.2. The molecule has 7 heteroatoms. The van der Waals surface area contributed by atoms with Gasteiger partial charge in [0.2, 0.25) is 0 Å². The lowest BCUT2D eigenvalue weighted by molar-refractivity contribution is 0.687. The predicted octanol–water partition coefficient (Wildman–Crippen LogP) is 2.78. The Bertz CT molecular complexity index is 805. The van der Waals surface area contributed by atoms with E-state index in [1.807, 2.05) is 49.2 Å². The van der Waals surface area contributed by atoms with Gasteiger partial charge < -0.3 is 10.6 Å². The van der Waals surface area contributed by atoms with Crippen molar-refractivity contribution < 1.29 is 0 Å². The first-order valence-corrected chi connectivity index (χ1v) is 7.65. The minimum Gasteiger partial charge on any atom is -0.330 e. The van der Waals surface area contributed by atoms with Crippen LogP contribution < -0.4 is 10.6 Å². The second-order valence-corrected chi connectivity index (χ2v) is 5.70. The Balaban J connectivity index is 1.60. The molecule has 0 aliphatic carbocycles. The normalized spacial score (nSPS) is 10.5. The molecular weight excluding hydrogens is 308 g/mol. The summed E-state index contributed by atoms with van der Waals surface area (Å²) in [5.41, 5.74) is 3.84. The molecule has 0 aliphatic heterocycles. The van der Waals surface area contributed by atoms with E-state index in [1.165, 1.54) is 5.56 Å². The topological polar surface area (TPSA) is 59.7 Å². The Morgan fingerprint density at radius 3 is 2.65 bits per heavy atom. The van der Waals surface area contributed by atoms with Crippen LogP contribution in [0, 0.1) is 6.92 Å². The maximum Gasteiger partial charge on any atom is 0.175 e. The van der Waals surface area contributed by atoms with Crippen LogP contribution >= 0.6 is 12.2 Å². The molecule has 23 heavy (non-hydrogen) atoms. The van der Waals surface area contributed by atoms with Gasteiger partial charge in [0.15, 0.2) is 5.11 Å². The first-order chi connectivity index (χ1) is 11.1. The van der Waals surface area contributed by atoms with Crippen LogP contribution in [0.2, 0.25) is 0 Å². The number of aryl methyl sites for hydroxylation is 2. The Kier molecular flexibility index (Phi) is 4.38. The Labute approximate surface area is 140 Å². The molecule has 1 aromatic carbocycles. The Morgan fingerprint density at radius 1 is 1.17 bits per heavy atom. The van der Waals surface area contributed by atoms with Crippen LogP contribution in [-0.2, 0) is 13.6 Å². The fourth-order valence-corrected chi connectivity index (χ4v) is 2.52. The predicted molar refractivity (Wildman–Crippen MR) is 95.6 cm³/mol. The summed E-state index contributed by atoms with van der Waals surface area (Å²) in [7, 11) is 1.88. The molecule has 118 valence electrons. The molecule has 0 fully saturated rings. The molecule has 3 aromatic rings. The van der Waals surface area contributed by atoms with E-state index in [2.05, 4.69) is 33.0 Å². The lowest BCUT2D eigenvalue weighted by Crippen LogP contribution is -2.19. The molecule has 2 aromatic heterocycles. The number of nitrogens with zero attached hydrogens (tertiary/aromatic N) is 4. The van der Waals surface area contributed by atoms with Gasteiger partial charge in [0.05, 0.1) is 29.8 Å². The third-order valence-electron chi connectivity index (χ3n) is 3.34. The number of aromatic nitrogens is 4. The monoisotopic (exact) mass is 326 g/mol. The van der Waals surface area contributed by atoms with Crippen LogP contribution in [0.4, 0.5) is 11.4 Å². The van der Waals surface area contributed by atoms with Gasteiger partial charge in [0.25, 0.3) is 0 Å². The van der Waals surface area contributed by atoms with Gasteiger partial charge in [0.1, 0.15) is 0 Å². The van der Waals surface area contributed by atoms with Crippen molar-refractivity contribution in [3.63, 3.8) is 0 Å². The van der Waals surface area contributed by atoms with Crippen molar-refractivity contribution in [3.8, 4) is 0 Å². The highest BCUT2D eigenvalue weighted by molar-refractivity contribution is 7.80. The van der Waals surface area contributed by atoms with Crippen LogP contribution in [0.5, 0.6) is 0 Å². The van der Waals surface area contributed by atoms with Crippen molar-refractivity contribution in [2.45, 2.75) is 13.5 Å². The van der Waals surface area contributed by atoms with Crippen LogP contribution in [0.1, 0.15) is 11.3 Å². The molecule has 0 bridgehead atoms. The van der Waals surface area contributed by atoms with Gasteiger partial charge in [-0.05, 0) is 24.7 Å². The largest absolute Gasteiger partial charge is 0.330 e. The van der Waals surface area contributed by atoms with Crippen molar-refractivity contribution >= 4 is 28.7 Å². The van der Waals surface area contributed by atoms with Gasteiger partial charge in [-0.3, -0.25) is 9.36 Å². The number of hydrogen-bond donors (Lipinski definition) is 2. The maximum atomic E-state index is 5.33. The van der Waals surface area contributed by atoms with Gasteiger partial charge in [-0.25, -0.2) is 0 Å². The zero-order chi connectivity index (χ0) is 16.2. The number of anilines is 2. The molecule has 0 amide bonds. The first-order valence-electron chi connectivity index (χ1n) is 7.25. The molecule has 0 aliphatic rings. The molecule has 0 radical (unpaired) electrons. The average molecular weight is 326 g/mol. The summed E-state index contributed by atoms with van der Waals surface area (Å²) < 4.78 is 3.62. The van der Waals surface area contributed by atoms with Crippen LogP contribution in [-0.4, -0.2) is 24.7 Å². The van der Waals surface area contributed by atoms with Crippen LogP contribution in [0.3, 0.4) is 0 Å². The molecule has 0 spiro atoms. The SMILES string of the molecule is Cc1nn(C)cc1NC(=S)Nc1cnn(Cc2ccccc2)c1. The van der Waals surface area contributed by atoms with Crippen molar-refractivity contribution in [2.24, 2.45) is 7.05 Å². The fraction of sp³-hybridized carbons (Fsp3) is 0.188. The quantitative estimate of drug-likeness (QED) is 0.722. The summed E-state index contributed by atoms with van der Waals surface area (Å²) in [6.45, 7) is 2.66. The summed E-state index contributed by atoms with van der Waals surface area (Å²) in [5, 5.41) is 15.4. The van der Waals surface area contributed by atoms with Crippen LogP contribution in [0.15, 0.2) is 48.9 Å². The van der Waals surface area contributed by atoms with Gasteiger partial charge in [-0.15, -0.1) is 0 Å². The molecule has 2 heterocycles. The smallest absolute Gasteiger partial charge is 0.175 e. The lowest BCUT2D eigenvalue weighted by Gasteiger charge is -2.07. The van der Waals surface area contributed by atoms with E-state index in [9.17, 15) is 0 Å². The highest BCUT2D eigenvalue weighted by atomic mass is 32.1. The van der Waals surface area contributed by atoms with Crippen molar-refractivity contribution in [3.05, 3.63) is 60.2 Å². The van der Waals surface area contributed by atoms with Crippen molar-refractivity contribution in [1.82, 2.24) is 19.6 Å². The van der Waals surface area contributed by atoms with Crippen molar-refractivity contribution in [2.75, 3.05) is 10.6 Å². The van der Waals surface area contributed by atoms with E-state index in [0.717, 1.165) is 23.6 Å². The van der Waals surface area contributed by atoms with E-state index in [0.29, 0.717) is 5.11 Å². The van der Waals surface area contributed by atoms with Gasteiger partial charge in [0, 0.05) is 19.4 Å². The zero-order valence-corrected chi connectivity index (χ0v) is 13.8. The minimum atomic E-state index is 0.514. The summed E-state index contributed by atoms with van der Waals surface area (Å²) in [4.78, 5) is 0. The van der Waals surface area contributed by atoms with Gasteiger partial charge in [-0.1, -0.05) is 30.3 Å². The summed E-state index contributed by atoms with van der Waals surface area (Å²) in [5.74, 6) is 0. The average Bonchev–Trinajstić information content (AvgIpc) is 3.06. The highest BCUT2D eigenvalue weighted by Gasteiger charge is 2.06. The summed E-state index contributed by atoms with van der Waals surface area (Å²) in [6.07, 6.45) is 5.58. The number of thiocarbonyl (C=S) groups is 1. The third kappa shape index (κ3) is 3.95. The maximum absolute atomic E-state index is 5.33. The molecule has 0 saturated heterocycles. The second kappa shape index (κ2) is 6.62. The number of nitrogens with one attached hydrogen (secondary N) is 2. The van der Waals surface area contributed by atoms with E-state index < -0.39 is 0 Å². The first kappa shape index (κ1) is 15.2. The molecule has 0 saturated carbocycles. The molecule has 0 atom stereocenters. The third-order valence-corrected chi connectivity index (χ3v) is 3.54. The number of benzene rings is 1. The highest BCUT2D eigenvalue weighted by Crippen LogP contribution is 2.13. The molecular formula is C16H18N6S. The second-order valence-electron chi connectivity index (χ2n) is 5.29. The van der Waals surface area contributed by atoms with Crippen LogP contribution in [0.25, 0.3) is 0 Å². The van der Waals surface area contributed by atoms with Crippen molar-refractivity contribution in [1.29, 1.82) is 0 Å². The molecule has 6 nitrogen and oxygen atoms in total. The van der Waals surface area contributed by atoms with Gasteiger partial charge in [-0.2, -0.15) is 10.2 Å². The van der Waals surface area contributed by atoms with Gasteiger partial charge >= 0.3 is 0 Å². The minimum absolute atomic E-state index is 0.514. The summed E-state index contributed by atoms with van der Waals surface area (Å²) in [6, 6.07) is 10.2. The molecule has 2 N–H and O–H groups in total. The van der Waals surface area contributed by atoms with E-state index >= 15 is 0 Å². The molecule has 0 unspecified atom stereocenters. The summed E-state index contributed by atoms with van der Waals surface area (Å²) >= 11 is 5.33. The standard InChI is InChI=1S/C16H18N6S/c1-12-15(11-21(2)20-12)19-16(23)18-14-8-17-22(10-14)9-13-6-4-3-5-7-13/h3-8,10-11H,9H2,1-2H3,(H2,18,19,23). The van der Waals surface area contributed by atoms with E-state index in [-0.39, 0.29) is 0 Å². The Morgan fingerprint density at radius 2 is 1.96 bits per heavy atom. The zero-order valence-electron chi connectivity index (χ0n) is 13.0. The number of hydrogen-bond acceptors (Lipinski definition) is 3. The number of rotatable bonds is 4. The molecule has 3 rings (SSSR count). The van der Waals surface area contributed by atoms with E-state index in [4.69, 9.17) is 12.2 Å². The fourth-order valence-electron chi connectivity index (χ4n) is 2.29.